The van der Waals surface area contributed by atoms with Crippen molar-refractivity contribution < 1.29 is 14.3 Å². The minimum Gasteiger partial charge on any atom is -0.484 e. The fraction of sp³-hybridized carbons (Fsp3) is 0.417. The van der Waals surface area contributed by atoms with E-state index in [9.17, 15) is 9.59 Å². The van der Waals surface area contributed by atoms with Gasteiger partial charge in [-0.25, -0.2) is 0 Å². The van der Waals surface area contributed by atoms with E-state index in [2.05, 4.69) is 26.6 Å². The molecule has 2 aromatic carbocycles. The molecular formula is C24H27BrN2O3. The number of amides is 2. The van der Waals surface area contributed by atoms with Crippen LogP contribution < -0.4 is 15.4 Å². The van der Waals surface area contributed by atoms with Crippen LogP contribution in [0.3, 0.4) is 0 Å². The lowest BCUT2D eigenvalue weighted by Gasteiger charge is -2.41. The molecule has 2 fully saturated rings. The highest BCUT2D eigenvalue weighted by molar-refractivity contribution is 9.10. The first-order chi connectivity index (χ1) is 14.5. The first-order valence-corrected chi connectivity index (χ1v) is 11.3. The number of ether oxygens (including phenoxy) is 1. The predicted molar refractivity (Wildman–Crippen MR) is 119 cm³/mol. The lowest BCUT2D eigenvalue weighted by molar-refractivity contribution is -0.130. The van der Waals surface area contributed by atoms with Gasteiger partial charge < -0.3 is 15.4 Å². The smallest absolute Gasteiger partial charge is 0.258 e. The van der Waals surface area contributed by atoms with Gasteiger partial charge in [0.05, 0.1) is 11.5 Å². The van der Waals surface area contributed by atoms with Gasteiger partial charge in [0.25, 0.3) is 5.91 Å². The van der Waals surface area contributed by atoms with Crippen molar-refractivity contribution in [2.24, 2.45) is 0 Å². The van der Waals surface area contributed by atoms with E-state index in [0.717, 1.165) is 47.7 Å². The van der Waals surface area contributed by atoms with Crippen molar-refractivity contribution in [3.63, 3.8) is 0 Å². The molecule has 0 aliphatic heterocycles. The summed E-state index contributed by atoms with van der Waals surface area (Å²) < 4.78 is 6.57. The van der Waals surface area contributed by atoms with Crippen molar-refractivity contribution in [1.29, 1.82) is 0 Å². The van der Waals surface area contributed by atoms with E-state index in [0.29, 0.717) is 11.8 Å². The summed E-state index contributed by atoms with van der Waals surface area (Å²) in [5.41, 5.74) is 1.66. The third kappa shape index (κ3) is 4.69. The standard InChI is InChI=1S/C24H27BrN2O3/c1-16(17-3-11-21(12-4-17)30-15-22(28)27-20-9-10-20)26-23(29)24(13-2-14-24)18-5-7-19(25)8-6-18/h3-8,11-12,16,20H,2,9-10,13-15H2,1H3,(H,26,29)(H,27,28). The van der Waals surface area contributed by atoms with Gasteiger partial charge in [0.1, 0.15) is 5.75 Å². The highest BCUT2D eigenvalue weighted by Crippen LogP contribution is 2.44. The summed E-state index contributed by atoms with van der Waals surface area (Å²) in [7, 11) is 0. The highest BCUT2D eigenvalue weighted by atomic mass is 79.9. The Morgan fingerprint density at radius 1 is 1.10 bits per heavy atom. The van der Waals surface area contributed by atoms with Gasteiger partial charge in [-0.1, -0.05) is 46.6 Å². The van der Waals surface area contributed by atoms with Crippen LogP contribution in [0.15, 0.2) is 53.0 Å². The number of carbonyl (C=O) groups is 2. The molecule has 2 aliphatic rings. The van der Waals surface area contributed by atoms with Crippen LogP contribution in [-0.4, -0.2) is 24.5 Å². The molecule has 0 heterocycles. The summed E-state index contributed by atoms with van der Waals surface area (Å²) >= 11 is 3.46. The van der Waals surface area contributed by atoms with Crippen molar-refractivity contribution in [2.75, 3.05) is 6.61 Å². The maximum absolute atomic E-state index is 13.2. The first kappa shape index (κ1) is 20.9. The Kier molecular flexibility index (Phi) is 6.14. The van der Waals surface area contributed by atoms with Gasteiger partial charge in [0.15, 0.2) is 6.61 Å². The third-order valence-corrected chi connectivity index (χ3v) is 6.61. The lowest BCUT2D eigenvalue weighted by atomic mass is 9.63. The Morgan fingerprint density at radius 3 is 2.33 bits per heavy atom. The fourth-order valence-corrected chi connectivity index (χ4v) is 4.13. The molecule has 2 aliphatic carbocycles. The number of hydrogen-bond donors (Lipinski definition) is 2. The minimum absolute atomic E-state index is 0.0256. The molecule has 4 rings (SSSR count). The molecule has 30 heavy (non-hydrogen) atoms. The van der Waals surface area contributed by atoms with Crippen molar-refractivity contribution in [3.8, 4) is 5.75 Å². The maximum atomic E-state index is 13.2. The first-order valence-electron chi connectivity index (χ1n) is 10.6. The van der Waals surface area contributed by atoms with E-state index in [4.69, 9.17) is 4.74 Å². The molecule has 2 amide bonds. The van der Waals surface area contributed by atoms with E-state index in [-0.39, 0.29) is 24.5 Å². The summed E-state index contributed by atoms with van der Waals surface area (Å²) in [6.07, 6.45) is 4.95. The molecular weight excluding hydrogens is 444 g/mol. The van der Waals surface area contributed by atoms with Crippen molar-refractivity contribution in [3.05, 3.63) is 64.1 Å². The number of halogens is 1. The molecule has 2 aromatic rings. The Labute approximate surface area is 185 Å². The topological polar surface area (TPSA) is 67.4 Å². The van der Waals surface area contributed by atoms with Crippen molar-refractivity contribution >= 4 is 27.7 Å². The summed E-state index contributed by atoms with van der Waals surface area (Å²) in [5.74, 6) is 0.648. The van der Waals surface area contributed by atoms with E-state index in [1.165, 1.54) is 0 Å². The predicted octanol–water partition coefficient (Wildman–Crippen LogP) is 4.41. The lowest BCUT2D eigenvalue weighted by Crippen LogP contribution is -2.49. The molecule has 0 radical (unpaired) electrons. The Hall–Kier alpha value is -2.34. The molecule has 0 spiro atoms. The average molecular weight is 471 g/mol. The van der Waals surface area contributed by atoms with E-state index >= 15 is 0 Å². The maximum Gasteiger partial charge on any atom is 0.258 e. The number of benzene rings is 2. The number of rotatable bonds is 8. The van der Waals surface area contributed by atoms with E-state index in [1.807, 2.05) is 55.5 Å². The van der Waals surface area contributed by atoms with Crippen LogP contribution in [0.1, 0.15) is 56.2 Å². The van der Waals surface area contributed by atoms with Crippen LogP contribution >= 0.6 is 15.9 Å². The molecule has 0 saturated heterocycles. The summed E-state index contributed by atoms with van der Waals surface area (Å²) in [6.45, 7) is 2.02. The second-order valence-corrected chi connectivity index (χ2v) is 9.25. The SMILES string of the molecule is CC(NC(=O)C1(c2ccc(Br)cc2)CCC1)c1ccc(OCC(=O)NC2CC2)cc1. The van der Waals surface area contributed by atoms with Gasteiger partial charge in [0, 0.05) is 10.5 Å². The molecule has 0 bridgehead atoms. The normalized spacial score (nSPS) is 18.1. The van der Waals surface area contributed by atoms with Gasteiger partial charge in [-0.2, -0.15) is 0 Å². The monoisotopic (exact) mass is 470 g/mol. The Morgan fingerprint density at radius 2 is 1.77 bits per heavy atom. The van der Waals surface area contributed by atoms with Gasteiger partial charge in [0.2, 0.25) is 5.91 Å². The van der Waals surface area contributed by atoms with Crippen LogP contribution in [0.4, 0.5) is 0 Å². The van der Waals surface area contributed by atoms with Crippen LogP contribution in [0.25, 0.3) is 0 Å². The zero-order valence-electron chi connectivity index (χ0n) is 17.1. The summed E-state index contributed by atoms with van der Waals surface area (Å²) in [4.78, 5) is 24.9. The molecule has 1 unspecified atom stereocenters. The van der Waals surface area contributed by atoms with Gasteiger partial charge in [-0.15, -0.1) is 0 Å². The van der Waals surface area contributed by atoms with E-state index in [1.54, 1.807) is 0 Å². The number of carbonyl (C=O) groups excluding carboxylic acids is 2. The zero-order chi connectivity index (χ0) is 21.1. The van der Waals surface area contributed by atoms with E-state index < -0.39 is 5.41 Å². The largest absolute Gasteiger partial charge is 0.484 e. The second-order valence-electron chi connectivity index (χ2n) is 8.34. The van der Waals surface area contributed by atoms with Gasteiger partial charge in [-0.05, 0) is 68.0 Å². The minimum atomic E-state index is -0.424. The van der Waals surface area contributed by atoms with Gasteiger partial charge in [-0.3, -0.25) is 9.59 Å². The average Bonchev–Trinajstić information content (AvgIpc) is 3.51. The molecule has 5 nitrogen and oxygen atoms in total. The fourth-order valence-electron chi connectivity index (χ4n) is 3.86. The second kappa shape index (κ2) is 8.80. The molecule has 2 N–H and O–H groups in total. The Balaban J connectivity index is 1.34. The van der Waals surface area contributed by atoms with Gasteiger partial charge >= 0.3 is 0 Å². The third-order valence-electron chi connectivity index (χ3n) is 6.08. The molecule has 2 saturated carbocycles. The highest BCUT2D eigenvalue weighted by Gasteiger charge is 2.45. The molecule has 1 atom stereocenters. The Bertz CT molecular complexity index is 903. The van der Waals surface area contributed by atoms with Crippen LogP contribution in [0.2, 0.25) is 0 Å². The van der Waals surface area contributed by atoms with Crippen molar-refractivity contribution in [2.45, 2.75) is 56.5 Å². The number of hydrogen-bond acceptors (Lipinski definition) is 3. The van der Waals surface area contributed by atoms with Crippen LogP contribution in [-0.2, 0) is 15.0 Å². The quantitative estimate of drug-likeness (QED) is 0.600. The number of nitrogens with one attached hydrogen (secondary N) is 2. The van der Waals surface area contributed by atoms with Crippen LogP contribution in [0.5, 0.6) is 5.75 Å². The molecule has 0 aromatic heterocycles. The zero-order valence-corrected chi connectivity index (χ0v) is 18.7. The molecule has 158 valence electrons. The summed E-state index contributed by atoms with van der Waals surface area (Å²) in [6, 6.07) is 15.9. The molecule has 6 heteroatoms. The summed E-state index contributed by atoms with van der Waals surface area (Å²) in [5, 5.41) is 6.10. The van der Waals surface area contributed by atoms with Crippen molar-refractivity contribution in [1.82, 2.24) is 10.6 Å². The van der Waals surface area contributed by atoms with Crippen LogP contribution in [0, 0.1) is 0 Å².